The lowest BCUT2D eigenvalue weighted by Crippen LogP contribution is -2.47. The monoisotopic (exact) mass is 440 g/mol. The first-order valence-corrected chi connectivity index (χ1v) is 11.2. The molecule has 6 nitrogen and oxygen atoms in total. The van der Waals surface area contributed by atoms with Crippen LogP contribution in [0.3, 0.4) is 0 Å². The molecular formula is C27H28N4O2. The third-order valence-electron chi connectivity index (χ3n) is 6.42. The van der Waals surface area contributed by atoms with Gasteiger partial charge in [0.15, 0.2) is 0 Å². The second-order valence-corrected chi connectivity index (χ2v) is 8.71. The molecule has 2 aromatic carbocycles. The van der Waals surface area contributed by atoms with Gasteiger partial charge in [-0.1, -0.05) is 42.5 Å². The van der Waals surface area contributed by atoms with Gasteiger partial charge >= 0.3 is 0 Å². The predicted molar refractivity (Wildman–Crippen MR) is 130 cm³/mol. The van der Waals surface area contributed by atoms with Crippen molar-refractivity contribution in [2.45, 2.75) is 40.4 Å². The number of hydrogen-bond donors (Lipinski definition) is 0. The largest absolute Gasteiger partial charge is 0.468 e. The van der Waals surface area contributed by atoms with Gasteiger partial charge in [-0.05, 0) is 55.7 Å². The summed E-state index contributed by atoms with van der Waals surface area (Å²) in [7, 11) is 0. The number of benzene rings is 2. The zero-order chi connectivity index (χ0) is 22.9. The summed E-state index contributed by atoms with van der Waals surface area (Å²) in [6, 6.07) is 20.2. The van der Waals surface area contributed by atoms with Gasteiger partial charge in [0.05, 0.1) is 31.8 Å². The van der Waals surface area contributed by atoms with Gasteiger partial charge in [-0.15, -0.1) is 0 Å². The predicted octanol–water partition coefficient (Wildman–Crippen LogP) is 4.92. The minimum atomic E-state index is 0.0146. The van der Waals surface area contributed by atoms with Crippen LogP contribution in [0.25, 0.3) is 0 Å². The number of rotatable bonds is 5. The number of aromatic nitrogens is 2. The van der Waals surface area contributed by atoms with Gasteiger partial charge in [-0.2, -0.15) is 0 Å². The highest BCUT2D eigenvalue weighted by atomic mass is 16.3. The molecule has 0 fully saturated rings. The third-order valence-corrected chi connectivity index (χ3v) is 6.42. The van der Waals surface area contributed by atoms with Gasteiger partial charge in [-0.25, -0.2) is 4.98 Å². The molecule has 1 aliphatic rings. The van der Waals surface area contributed by atoms with Crippen molar-refractivity contribution in [3.8, 4) is 0 Å². The van der Waals surface area contributed by atoms with E-state index in [0.717, 1.165) is 28.3 Å². The summed E-state index contributed by atoms with van der Waals surface area (Å²) in [6.07, 6.45) is 2.26. The number of fused-ring (bicyclic) bond motifs is 1. The molecule has 0 amide bonds. The van der Waals surface area contributed by atoms with Crippen molar-refractivity contribution in [3.05, 3.63) is 111 Å². The molecule has 0 atom stereocenters. The SMILES string of the molecule is Cc1cccc(N2CN(Cc3ccco3)Cn3c2nc(C)c(Cc2ccccc2)c3=O)c1C. The van der Waals surface area contributed by atoms with Crippen LogP contribution < -0.4 is 10.5 Å². The number of aryl methyl sites for hydroxylation is 2. The van der Waals surface area contributed by atoms with Gasteiger partial charge in [0.25, 0.3) is 5.56 Å². The van der Waals surface area contributed by atoms with Crippen LogP contribution in [0.4, 0.5) is 11.6 Å². The molecule has 2 aromatic heterocycles. The van der Waals surface area contributed by atoms with E-state index < -0.39 is 0 Å². The van der Waals surface area contributed by atoms with E-state index in [1.54, 1.807) is 10.8 Å². The van der Waals surface area contributed by atoms with Gasteiger partial charge in [-0.3, -0.25) is 19.2 Å². The van der Waals surface area contributed by atoms with Crippen LogP contribution in [0.5, 0.6) is 0 Å². The number of hydrogen-bond acceptors (Lipinski definition) is 5. The van der Waals surface area contributed by atoms with Gasteiger partial charge in [0.1, 0.15) is 5.76 Å². The first-order chi connectivity index (χ1) is 16.0. The van der Waals surface area contributed by atoms with E-state index in [4.69, 9.17) is 9.40 Å². The maximum atomic E-state index is 13.8. The summed E-state index contributed by atoms with van der Waals surface area (Å²) < 4.78 is 7.40. The average Bonchev–Trinajstić information content (AvgIpc) is 3.32. The fraction of sp³-hybridized carbons (Fsp3) is 0.259. The van der Waals surface area contributed by atoms with E-state index in [9.17, 15) is 4.79 Å². The van der Waals surface area contributed by atoms with E-state index in [2.05, 4.69) is 54.0 Å². The summed E-state index contributed by atoms with van der Waals surface area (Å²) in [4.78, 5) is 23.1. The summed E-state index contributed by atoms with van der Waals surface area (Å²) >= 11 is 0. The number of anilines is 2. The Morgan fingerprint density at radius 3 is 2.52 bits per heavy atom. The molecule has 0 saturated heterocycles. The Labute approximate surface area is 193 Å². The van der Waals surface area contributed by atoms with Gasteiger partial charge < -0.3 is 4.42 Å². The number of furan rings is 1. The van der Waals surface area contributed by atoms with E-state index in [0.29, 0.717) is 32.3 Å². The normalized spacial score (nSPS) is 13.8. The molecule has 5 rings (SSSR count). The molecular weight excluding hydrogens is 412 g/mol. The van der Waals surface area contributed by atoms with E-state index in [1.165, 1.54) is 11.1 Å². The van der Waals surface area contributed by atoms with Crippen molar-refractivity contribution in [3.63, 3.8) is 0 Å². The highest BCUT2D eigenvalue weighted by molar-refractivity contribution is 5.64. The minimum absolute atomic E-state index is 0.0146. The lowest BCUT2D eigenvalue weighted by atomic mass is 10.0. The summed E-state index contributed by atoms with van der Waals surface area (Å²) in [6.45, 7) is 7.87. The summed E-state index contributed by atoms with van der Waals surface area (Å²) in [5, 5.41) is 0. The maximum Gasteiger partial charge on any atom is 0.259 e. The molecule has 0 bridgehead atoms. The minimum Gasteiger partial charge on any atom is -0.468 e. The molecule has 0 spiro atoms. The van der Waals surface area contributed by atoms with Crippen LogP contribution in [0, 0.1) is 20.8 Å². The van der Waals surface area contributed by atoms with Crippen molar-refractivity contribution in [1.82, 2.24) is 14.5 Å². The number of nitrogens with zero attached hydrogens (tertiary/aromatic N) is 4. The molecule has 168 valence electrons. The first-order valence-electron chi connectivity index (χ1n) is 11.2. The van der Waals surface area contributed by atoms with Crippen molar-refractivity contribution < 1.29 is 4.42 Å². The molecule has 0 saturated carbocycles. The Kier molecular flexibility index (Phi) is 5.60. The average molecular weight is 441 g/mol. The van der Waals surface area contributed by atoms with Gasteiger partial charge in [0, 0.05) is 17.7 Å². The molecule has 0 aliphatic carbocycles. The third kappa shape index (κ3) is 4.10. The molecule has 6 heteroatoms. The second-order valence-electron chi connectivity index (χ2n) is 8.71. The first kappa shape index (κ1) is 21.2. The standard InChI is InChI=1S/C27H28N4O2/c1-19-9-7-13-25(20(19)2)30-17-29(16-23-12-8-14-33-23)18-31-26(32)24(21(3)28-27(30)31)15-22-10-5-4-6-11-22/h4-14H,15-18H2,1-3H3. The van der Waals surface area contributed by atoms with Crippen LogP contribution in [-0.4, -0.2) is 21.1 Å². The van der Waals surface area contributed by atoms with Crippen LogP contribution in [-0.2, 0) is 19.6 Å². The lowest BCUT2D eigenvalue weighted by molar-refractivity contribution is 0.176. The van der Waals surface area contributed by atoms with Crippen LogP contribution in [0.15, 0.2) is 76.1 Å². The Morgan fingerprint density at radius 1 is 0.939 bits per heavy atom. The molecule has 0 N–H and O–H groups in total. The highest BCUT2D eigenvalue weighted by Crippen LogP contribution is 2.32. The summed E-state index contributed by atoms with van der Waals surface area (Å²) in [5.41, 5.74) is 6.10. The quantitative estimate of drug-likeness (QED) is 0.441. The van der Waals surface area contributed by atoms with E-state index in [1.807, 2.05) is 37.3 Å². The second kappa shape index (κ2) is 8.71. The lowest BCUT2D eigenvalue weighted by Gasteiger charge is -2.39. The van der Waals surface area contributed by atoms with Crippen molar-refractivity contribution >= 4 is 11.6 Å². The van der Waals surface area contributed by atoms with Crippen molar-refractivity contribution in [2.24, 2.45) is 0 Å². The van der Waals surface area contributed by atoms with Crippen LogP contribution in [0.1, 0.15) is 33.7 Å². The Hall–Kier alpha value is -3.64. The fourth-order valence-corrected chi connectivity index (χ4v) is 4.47. The summed E-state index contributed by atoms with van der Waals surface area (Å²) in [5.74, 6) is 1.57. The topological polar surface area (TPSA) is 54.5 Å². The van der Waals surface area contributed by atoms with Crippen molar-refractivity contribution in [1.29, 1.82) is 0 Å². The highest BCUT2D eigenvalue weighted by Gasteiger charge is 2.29. The van der Waals surface area contributed by atoms with Crippen LogP contribution >= 0.6 is 0 Å². The fourth-order valence-electron chi connectivity index (χ4n) is 4.47. The molecule has 0 radical (unpaired) electrons. The maximum absolute atomic E-state index is 13.8. The molecule has 1 aliphatic heterocycles. The zero-order valence-corrected chi connectivity index (χ0v) is 19.3. The molecule has 0 unspecified atom stereocenters. The van der Waals surface area contributed by atoms with E-state index in [-0.39, 0.29) is 5.56 Å². The Balaban J connectivity index is 1.61. The molecule has 3 heterocycles. The van der Waals surface area contributed by atoms with Crippen LogP contribution in [0.2, 0.25) is 0 Å². The smallest absolute Gasteiger partial charge is 0.259 e. The van der Waals surface area contributed by atoms with Gasteiger partial charge in [0.2, 0.25) is 5.95 Å². The molecule has 4 aromatic rings. The Bertz CT molecular complexity index is 1330. The molecule has 33 heavy (non-hydrogen) atoms. The van der Waals surface area contributed by atoms with Crippen molar-refractivity contribution in [2.75, 3.05) is 11.6 Å². The zero-order valence-electron chi connectivity index (χ0n) is 19.3. The van der Waals surface area contributed by atoms with E-state index >= 15 is 0 Å². The Morgan fingerprint density at radius 2 is 1.76 bits per heavy atom.